The van der Waals surface area contributed by atoms with Gasteiger partial charge in [-0.1, -0.05) is 44.2 Å². The molecule has 2 rings (SSSR count). The van der Waals surface area contributed by atoms with Crippen LogP contribution in [0.2, 0.25) is 0 Å². The molecule has 2 unspecified atom stereocenters. The van der Waals surface area contributed by atoms with E-state index in [0.29, 0.717) is 5.69 Å². The van der Waals surface area contributed by atoms with Gasteiger partial charge in [-0.25, -0.2) is 14.6 Å². The lowest BCUT2D eigenvalue weighted by Crippen LogP contribution is -2.57. The number of benzene rings is 1. The average molecular weight is 359 g/mol. The lowest BCUT2D eigenvalue weighted by atomic mass is 9.89. The van der Waals surface area contributed by atoms with E-state index in [1.807, 2.05) is 44.2 Å². The number of H-pyrrole nitrogens is 1. The minimum Gasteiger partial charge on any atom is -0.459 e. The van der Waals surface area contributed by atoms with Crippen molar-refractivity contribution in [1.29, 1.82) is 0 Å². The number of nitrogens with one attached hydrogen (secondary N) is 1. The molecule has 7 nitrogen and oxygen atoms in total. The van der Waals surface area contributed by atoms with Crippen LogP contribution in [0.4, 0.5) is 0 Å². The van der Waals surface area contributed by atoms with Crippen LogP contribution in [0.1, 0.15) is 44.6 Å². The first-order valence-corrected chi connectivity index (χ1v) is 8.52. The van der Waals surface area contributed by atoms with Gasteiger partial charge in [-0.15, -0.1) is 0 Å². The van der Waals surface area contributed by atoms with Crippen LogP contribution in [0.3, 0.4) is 0 Å². The lowest BCUT2D eigenvalue weighted by Gasteiger charge is -2.28. The predicted octanol–water partition coefficient (Wildman–Crippen LogP) is 2.50. The maximum absolute atomic E-state index is 12.7. The summed E-state index contributed by atoms with van der Waals surface area (Å²) in [7, 11) is 0. The number of carbonyl (C=O) groups excluding carboxylic acids is 2. The number of nitrogens with two attached hydrogens (primary N) is 1. The minimum atomic E-state index is -1.86. The first-order valence-electron chi connectivity index (χ1n) is 8.52. The van der Waals surface area contributed by atoms with Crippen LogP contribution in [0, 0.1) is 5.92 Å². The Bertz CT molecular complexity index is 716. The number of esters is 2. The van der Waals surface area contributed by atoms with Gasteiger partial charge in [0.05, 0.1) is 18.2 Å². The molecule has 140 valence electrons. The van der Waals surface area contributed by atoms with Gasteiger partial charge in [0.25, 0.3) is 0 Å². The van der Waals surface area contributed by atoms with Gasteiger partial charge in [0.15, 0.2) is 0 Å². The summed E-state index contributed by atoms with van der Waals surface area (Å²) in [5, 5.41) is 0. The molecule has 0 saturated carbocycles. The Morgan fingerprint density at radius 1 is 1.19 bits per heavy atom. The summed E-state index contributed by atoms with van der Waals surface area (Å²) in [6, 6.07) is 9.20. The van der Waals surface area contributed by atoms with Gasteiger partial charge in [0.1, 0.15) is 12.7 Å². The van der Waals surface area contributed by atoms with E-state index in [9.17, 15) is 9.59 Å². The Hall–Kier alpha value is -2.67. The van der Waals surface area contributed by atoms with Gasteiger partial charge >= 0.3 is 11.9 Å². The van der Waals surface area contributed by atoms with Gasteiger partial charge in [-0.2, -0.15) is 0 Å². The van der Waals surface area contributed by atoms with Gasteiger partial charge in [-0.3, -0.25) is 0 Å². The van der Waals surface area contributed by atoms with Crippen LogP contribution in [0.15, 0.2) is 42.9 Å². The number of ether oxygens (including phenoxy) is 2. The van der Waals surface area contributed by atoms with Crippen molar-refractivity contribution in [3.63, 3.8) is 0 Å². The van der Waals surface area contributed by atoms with E-state index in [1.165, 1.54) is 6.33 Å². The zero-order valence-electron chi connectivity index (χ0n) is 15.3. The van der Waals surface area contributed by atoms with Crippen molar-refractivity contribution in [3.05, 3.63) is 54.1 Å². The second-order valence-corrected chi connectivity index (χ2v) is 6.69. The summed E-state index contributed by atoms with van der Waals surface area (Å²) in [4.78, 5) is 32.0. The molecular weight excluding hydrogens is 334 g/mol. The maximum atomic E-state index is 12.7. The Kier molecular flexibility index (Phi) is 6.52. The Morgan fingerprint density at radius 2 is 1.88 bits per heavy atom. The Labute approximate surface area is 152 Å². The molecule has 0 aliphatic rings. The smallest absolute Gasteiger partial charge is 0.338 e. The lowest BCUT2D eigenvalue weighted by molar-refractivity contribution is -0.169. The van der Waals surface area contributed by atoms with E-state index in [4.69, 9.17) is 15.2 Å². The van der Waals surface area contributed by atoms with E-state index < -0.39 is 23.6 Å². The number of rotatable bonds is 8. The fourth-order valence-corrected chi connectivity index (χ4v) is 2.56. The molecule has 0 bridgehead atoms. The third-order valence-electron chi connectivity index (χ3n) is 3.91. The number of imidazole rings is 1. The molecule has 0 fully saturated rings. The van der Waals surface area contributed by atoms with Crippen LogP contribution in [-0.4, -0.2) is 27.4 Å². The highest BCUT2D eigenvalue weighted by Crippen LogP contribution is 2.23. The summed E-state index contributed by atoms with van der Waals surface area (Å²) >= 11 is 0. The fourth-order valence-electron chi connectivity index (χ4n) is 2.56. The zero-order chi connectivity index (χ0) is 19.2. The van der Waals surface area contributed by atoms with Crippen molar-refractivity contribution in [2.75, 3.05) is 0 Å². The summed E-state index contributed by atoms with van der Waals surface area (Å²) in [6.45, 7) is 5.46. The van der Waals surface area contributed by atoms with Crippen molar-refractivity contribution in [2.45, 2.75) is 45.4 Å². The standard InChI is InChI=1S/C19H25N3O4/c1-13(2)9-19(20,17(23)25-11-15-7-5-4-6-8-15)18(24)26-14(3)16-10-21-12-22-16/h4-8,10,12-14H,9,11,20H2,1-3H3,(H,21,22). The summed E-state index contributed by atoms with van der Waals surface area (Å²) in [6.07, 6.45) is 2.54. The van der Waals surface area contributed by atoms with Crippen LogP contribution >= 0.6 is 0 Å². The van der Waals surface area contributed by atoms with E-state index in [1.54, 1.807) is 13.1 Å². The molecule has 0 aliphatic heterocycles. The molecule has 0 saturated heterocycles. The summed E-state index contributed by atoms with van der Waals surface area (Å²) in [5.41, 5.74) is 5.74. The fraction of sp³-hybridized carbons (Fsp3) is 0.421. The van der Waals surface area contributed by atoms with Crippen LogP contribution in [-0.2, 0) is 25.7 Å². The van der Waals surface area contributed by atoms with Crippen LogP contribution in [0.5, 0.6) is 0 Å². The average Bonchev–Trinajstić information content (AvgIpc) is 3.14. The molecule has 1 aromatic carbocycles. The summed E-state index contributed by atoms with van der Waals surface area (Å²) < 4.78 is 10.7. The summed E-state index contributed by atoms with van der Waals surface area (Å²) in [5.74, 6) is -1.61. The number of carbonyl (C=O) groups is 2. The van der Waals surface area contributed by atoms with E-state index in [-0.39, 0.29) is 18.9 Å². The second-order valence-electron chi connectivity index (χ2n) is 6.69. The van der Waals surface area contributed by atoms with Crippen molar-refractivity contribution < 1.29 is 19.1 Å². The number of aromatic nitrogens is 2. The molecule has 3 N–H and O–H groups in total. The topological polar surface area (TPSA) is 107 Å². The minimum absolute atomic E-state index is 0.000661. The van der Waals surface area contributed by atoms with E-state index >= 15 is 0 Å². The molecule has 0 amide bonds. The van der Waals surface area contributed by atoms with Gasteiger partial charge in [0, 0.05) is 0 Å². The van der Waals surface area contributed by atoms with Gasteiger partial charge in [0.2, 0.25) is 5.54 Å². The zero-order valence-corrected chi connectivity index (χ0v) is 15.3. The second kappa shape index (κ2) is 8.62. The first kappa shape index (κ1) is 19.7. The molecule has 2 aromatic rings. The molecule has 1 aromatic heterocycles. The van der Waals surface area contributed by atoms with Crippen molar-refractivity contribution in [2.24, 2.45) is 11.7 Å². The van der Waals surface area contributed by atoms with Crippen molar-refractivity contribution in [3.8, 4) is 0 Å². The first-order chi connectivity index (χ1) is 12.3. The van der Waals surface area contributed by atoms with Crippen molar-refractivity contribution in [1.82, 2.24) is 9.97 Å². The molecule has 2 atom stereocenters. The van der Waals surface area contributed by atoms with E-state index in [0.717, 1.165) is 5.56 Å². The third kappa shape index (κ3) is 4.92. The maximum Gasteiger partial charge on any atom is 0.338 e. The third-order valence-corrected chi connectivity index (χ3v) is 3.91. The Balaban J connectivity index is 2.09. The predicted molar refractivity (Wildman–Crippen MR) is 95.7 cm³/mol. The molecular formula is C19H25N3O4. The highest BCUT2D eigenvalue weighted by Gasteiger charge is 2.46. The van der Waals surface area contributed by atoms with Crippen molar-refractivity contribution >= 4 is 11.9 Å². The molecule has 0 aliphatic carbocycles. The largest absolute Gasteiger partial charge is 0.459 e. The molecule has 7 heteroatoms. The van der Waals surface area contributed by atoms with Crippen LogP contribution in [0.25, 0.3) is 0 Å². The van der Waals surface area contributed by atoms with Gasteiger partial charge < -0.3 is 20.2 Å². The SMILES string of the molecule is CC(C)CC(N)(C(=O)OCc1ccccc1)C(=O)OC(C)c1cnc[nH]1. The normalized spacial score (nSPS) is 14.5. The van der Waals surface area contributed by atoms with Gasteiger partial charge in [-0.05, 0) is 24.8 Å². The van der Waals surface area contributed by atoms with E-state index in [2.05, 4.69) is 9.97 Å². The number of aromatic amines is 1. The molecule has 26 heavy (non-hydrogen) atoms. The highest BCUT2D eigenvalue weighted by molar-refractivity contribution is 6.04. The molecule has 1 heterocycles. The highest BCUT2D eigenvalue weighted by atomic mass is 16.6. The Morgan fingerprint density at radius 3 is 2.46 bits per heavy atom. The number of nitrogens with zero attached hydrogens (tertiary/aromatic N) is 1. The number of hydrogen-bond acceptors (Lipinski definition) is 6. The number of hydrogen-bond donors (Lipinski definition) is 2. The molecule has 0 spiro atoms. The van der Waals surface area contributed by atoms with Crippen LogP contribution < -0.4 is 5.73 Å². The monoisotopic (exact) mass is 359 g/mol. The quantitative estimate of drug-likeness (QED) is 0.554. The molecule has 0 radical (unpaired) electrons.